The van der Waals surface area contributed by atoms with Gasteiger partial charge in [-0.15, -0.1) is 11.8 Å². The van der Waals surface area contributed by atoms with E-state index in [0.29, 0.717) is 29.9 Å². The molecule has 0 bridgehead atoms. The Balaban J connectivity index is 1.26. The fraction of sp³-hybridized carbons (Fsp3) is 0.438. The van der Waals surface area contributed by atoms with Gasteiger partial charge in [-0.05, 0) is 81.2 Å². The SMILES string of the molecule is Cc1cccc(CN2C(=O)/C(=C\c3ccc(C(=O)NCCC4=CCCCC4)cc3)SC3CCCCC32)c1. The number of allylic oxidation sites excluding steroid dienone is 1. The molecule has 1 saturated heterocycles. The van der Waals surface area contributed by atoms with Gasteiger partial charge in [0.1, 0.15) is 0 Å². The van der Waals surface area contributed by atoms with Gasteiger partial charge in [0.15, 0.2) is 0 Å². The maximum absolute atomic E-state index is 13.7. The lowest BCUT2D eigenvalue weighted by molar-refractivity contribution is -0.130. The molecule has 5 heteroatoms. The van der Waals surface area contributed by atoms with Gasteiger partial charge in [0.05, 0.1) is 4.91 Å². The average Bonchev–Trinajstić information content (AvgIpc) is 2.92. The second kappa shape index (κ2) is 12.2. The number of rotatable bonds is 7. The second-order valence-corrected chi connectivity index (χ2v) is 12.0. The molecule has 2 atom stereocenters. The van der Waals surface area contributed by atoms with Gasteiger partial charge in [-0.1, -0.05) is 66.5 Å². The van der Waals surface area contributed by atoms with Crippen molar-refractivity contribution in [2.45, 2.75) is 82.5 Å². The van der Waals surface area contributed by atoms with Crippen LogP contribution in [0, 0.1) is 6.92 Å². The maximum atomic E-state index is 13.7. The summed E-state index contributed by atoms with van der Waals surface area (Å²) in [5.41, 5.74) is 5.52. The number of aryl methyl sites for hydroxylation is 1. The van der Waals surface area contributed by atoms with Crippen LogP contribution in [0.3, 0.4) is 0 Å². The first-order chi connectivity index (χ1) is 18.1. The highest BCUT2D eigenvalue weighted by Gasteiger charge is 2.40. The first-order valence-electron chi connectivity index (χ1n) is 13.9. The van der Waals surface area contributed by atoms with E-state index >= 15 is 0 Å². The molecule has 2 fully saturated rings. The predicted octanol–water partition coefficient (Wildman–Crippen LogP) is 7.04. The fourth-order valence-electron chi connectivity index (χ4n) is 5.82. The Kier molecular flexibility index (Phi) is 8.50. The lowest BCUT2D eigenvalue weighted by Crippen LogP contribution is -2.50. The van der Waals surface area contributed by atoms with Crippen LogP contribution >= 0.6 is 11.8 Å². The van der Waals surface area contributed by atoms with Gasteiger partial charge >= 0.3 is 0 Å². The van der Waals surface area contributed by atoms with Crippen LogP contribution < -0.4 is 5.32 Å². The quantitative estimate of drug-likeness (QED) is 0.318. The van der Waals surface area contributed by atoms with E-state index in [0.717, 1.165) is 29.7 Å². The molecule has 5 rings (SSSR count). The number of carbonyl (C=O) groups is 2. The normalized spacial score (nSPS) is 22.9. The van der Waals surface area contributed by atoms with Crippen LogP contribution in [0.2, 0.25) is 0 Å². The number of benzene rings is 2. The smallest absolute Gasteiger partial charge is 0.260 e. The molecular weight excluding hydrogens is 476 g/mol. The maximum Gasteiger partial charge on any atom is 0.260 e. The monoisotopic (exact) mass is 514 g/mol. The van der Waals surface area contributed by atoms with E-state index in [4.69, 9.17) is 0 Å². The third-order valence-electron chi connectivity index (χ3n) is 7.84. The predicted molar refractivity (Wildman–Crippen MR) is 153 cm³/mol. The van der Waals surface area contributed by atoms with Crippen LogP contribution in [0.25, 0.3) is 6.08 Å². The molecule has 0 aromatic heterocycles. The lowest BCUT2D eigenvalue weighted by Gasteiger charge is -2.44. The number of hydrogen-bond donors (Lipinski definition) is 1. The minimum atomic E-state index is -0.0342. The van der Waals surface area contributed by atoms with E-state index < -0.39 is 0 Å². The van der Waals surface area contributed by atoms with E-state index in [1.807, 2.05) is 30.3 Å². The molecule has 1 heterocycles. The van der Waals surface area contributed by atoms with E-state index in [1.54, 1.807) is 11.8 Å². The van der Waals surface area contributed by atoms with E-state index in [-0.39, 0.29) is 11.8 Å². The molecule has 2 aliphatic carbocycles. The highest BCUT2D eigenvalue weighted by atomic mass is 32.2. The van der Waals surface area contributed by atoms with Crippen molar-refractivity contribution < 1.29 is 9.59 Å². The van der Waals surface area contributed by atoms with Crippen LogP contribution in [0.1, 0.15) is 84.8 Å². The standard InChI is InChI=1S/C32H38N2O2S/c1-23-8-7-11-26(20-23)22-34-28-12-5-6-13-29(28)37-30(32(34)36)21-25-14-16-27(17-15-25)31(35)33-19-18-24-9-3-2-4-10-24/h7-9,11,14-17,20-21,28-29H,2-6,10,12-13,18-19,22H2,1H3,(H,33,35)/b30-21+. The Labute approximate surface area is 225 Å². The number of carbonyl (C=O) groups excluding carboxylic acids is 2. The minimum Gasteiger partial charge on any atom is -0.352 e. The summed E-state index contributed by atoms with van der Waals surface area (Å²) in [5, 5.41) is 3.51. The van der Waals surface area contributed by atoms with Crippen molar-refractivity contribution in [2.75, 3.05) is 6.54 Å². The summed E-state index contributed by atoms with van der Waals surface area (Å²) >= 11 is 1.76. The van der Waals surface area contributed by atoms with Gasteiger partial charge in [0.25, 0.3) is 11.8 Å². The zero-order valence-corrected chi connectivity index (χ0v) is 22.7. The number of nitrogens with one attached hydrogen (secondary N) is 1. The molecule has 194 valence electrons. The Hall–Kier alpha value is -2.79. The van der Waals surface area contributed by atoms with Gasteiger partial charge in [-0.2, -0.15) is 0 Å². The number of amides is 2. The van der Waals surface area contributed by atoms with Crippen LogP contribution in [0.15, 0.2) is 65.1 Å². The van der Waals surface area contributed by atoms with Crippen molar-refractivity contribution in [3.8, 4) is 0 Å². The molecule has 4 nitrogen and oxygen atoms in total. The van der Waals surface area contributed by atoms with E-state index in [9.17, 15) is 9.59 Å². The van der Waals surface area contributed by atoms with Gasteiger partial charge in [-0.3, -0.25) is 9.59 Å². The number of hydrogen-bond acceptors (Lipinski definition) is 3. The topological polar surface area (TPSA) is 49.4 Å². The zero-order chi connectivity index (χ0) is 25.6. The average molecular weight is 515 g/mol. The molecule has 1 aliphatic heterocycles. The van der Waals surface area contributed by atoms with Gasteiger partial charge in [0.2, 0.25) is 0 Å². The number of fused-ring (bicyclic) bond motifs is 1. The third-order valence-corrected chi connectivity index (χ3v) is 9.24. The zero-order valence-electron chi connectivity index (χ0n) is 21.9. The summed E-state index contributed by atoms with van der Waals surface area (Å²) in [6.07, 6.45) is 14.8. The van der Waals surface area contributed by atoms with Crippen molar-refractivity contribution in [3.05, 3.63) is 87.3 Å². The first-order valence-corrected chi connectivity index (χ1v) is 14.8. The Morgan fingerprint density at radius 1 is 1.08 bits per heavy atom. The van der Waals surface area contributed by atoms with Crippen molar-refractivity contribution in [2.24, 2.45) is 0 Å². The van der Waals surface area contributed by atoms with E-state index in [1.165, 1.54) is 55.2 Å². The molecular formula is C32H38N2O2S. The highest BCUT2D eigenvalue weighted by molar-refractivity contribution is 8.04. The summed E-state index contributed by atoms with van der Waals surface area (Å²) in [6, 6.07) is 16.4. The van der Waals surface area contributed by atoms with Gasteiger partial charge in [0, 0.05) is 29.9 Å². The molecule has 37 heavy (non-hydrogen) atoms. The molecule has 2 aromatic rings. The first kappa shape index (κ1) is 25.8. The molecule has 1 N–H and O–H groups in total. The van der Waals surface area contributed by atoms with Crippen molar-refractivity contribution in [1.29, 1.82) is 0 Å². The number of nitrogens with zero attached hydrogens (tertiary/aromatic N) is 1. The summed E-state index contributed by atoms with van der Waals surface area (Å²) < 4.78 is 0. The third kappa shape index (κ3) is 6.56. The lowest BCUT2D eigenvalue weighted by atomic mass is 9.92. The van der Waals surface area contributed by atoms with Crippen molar-refractivity contribution in [3.63, 3.8) is 0 Å². The molecule has 2 unspecified atom stereocenters. The Bertz CT molecular complexity index is 1180. The van der Waals surface area contributed by atoms with Crippen LogP contribution in [0.4, 0.5) is 0 Å². The fourth-order valence-corrected chi connectivity index (χ4v) is 7.29. The summed E-state index contributed by atoms with van der Waals surface area (Å²) in [5.74, 6) is 0.0987. The van der Waals surface area contributed by atoms with Gasteiger partial charge in [-0.25, -0.2) is 0 Å². The molecule has 2 aromatic carbocycles. The molecule has 1 saturated carbocycles. The molecule has 2 amide bonds. The van der Waals surface area contributed by atoms with Gasteiger partial charge < -0.3 is 10.2 Å². The Morgan fingerprint density at radius 3 is 2.70 bits per heavy atom. The summed E-state index contributed by atoms with van der Waals surface area (Å²) in [4.78, 5) is 29.2. The molecule has 0 spiro atoms. The van der Waals surface area contributed by atoms with Crippen LogP contribution in [-0.4, -0.2) is 34.6 Å². The molecule has 3 aliphatic rings. The summed E-state index contributed by atoms with van der Waals surface area (Å²) in [7, 11) is 0. The van der Waals surface area contributed by atoms with Crippen LogP contribution in [0.5, 0.6) is 0 Å². The highest BCUT2D eigenvalue weighted by Crippen LogP contribution is 2.42. The van der Waals surface area contributed by atoms with Crippen LogP contribution in [-0.2, 0) is 11.3 Å². The summed E-state index contributed by atoms with van der Waals surface area (Å²) in [6.45, 7) is 3.45. The second-order valence-electron chi connectivity index (χ2n) is 10.7. The largest absolute Gasteiger partial charge is 0.352 e. The minimum absolute atomic E-state index is 0.0342. The van der Waals surface area contributed by atoms with E-state index in [2.05, 4.69) is 47.5 Å². The number of thioether (sulfide) groups is 1. The molecule has 0 radical (unpaired) electrons. The Morgan fingerprint density at radius 2 is 1.92 bits per heavy atom. The van der Waals surface area contributed by atoms with Crippen molar-refractivity contribution >= 4 is 29.7 Å². The van der Waals surface area contributed by atoms with Crippen molar-refractivity contribution in [1.82, 2.24) is 10.2 Å².